The highest BCUT2D eigenvalue weighted by Gasteiger charge is 2.17. The van der Waals surface area contributed by atoms with Gasteiger partial charge in [-0.2, -0.15) is 11.8 Å². The van der Waals surface area contributed by atoms with Gasteiger partial charge in [-0.1, -0.05) is 38.8 Å². The summed E-state index contributed by atoms with van der Waals surface area (Å²) < 4.78 is 0. The number of thioether (sulfide) groups is 1. The van der Waals surface area contributed by atoms with Crippen LogP contribution < -0.4 is 0 Å². The van der Waals surface area contributed by atoms with Crippen LogP contribution in [-0.4, -0.2) is 11.5 Å². The number of rotatable bonds is 2. The summed E-state index contributed by atoms with van der Waals surface area (Å²) in [6.07, 6.45) is 1.33. The van der Waals surface area contributed by atoms with Crippen molar-refractivity contribution in [2.45, 2.75) is 34.1 Å². The number of allylic oxidation sites excluding steroid dienone is 1. The molecule has 0 atom stereocenters. The summed E-state index contributed by atoms with van der Waals surface area (Å²) in [6.45, 7) is 9.30. The fourth-order valence-electron chi connectivity index (χ4n) is 1.81. The summed E-state index contributed by atoms with van der Waals surface area (Å²) in [7, 11) is 0. The van der Waals surface area contributed by atoms with Crippen molar-refractivity contribution in [3.8, 4) is 0 Å². The standard InChI is InChI=1S/C11H20S/c1-8(2)10-5-6-12-7-11(10)9(3)4/h8-9H,5-7H2,1-4H3. The lowest BCUT2D eigenvalue weighted by atomic mass is 9.90. The summed E-state index contributed by atoms with van der Waals surface area (Å²) in [6, 6.07) is 0. The summed E-state index contributed by atoms with van der Waals surface area (Å²) in [4.78, 5) is 0. The molecule has 0 saturated heterocycles. The summed E-state index contributed by atoms with van der Waals surface area (Å²) in [5.41, 5.74) is 3.46. The molecule has 0 spiro atoms. The minimum Gasteiger partial charge on any atom is -0.157 e. The molecule has 1 aliphatic heterocycles. The normalized spacial score (nSPS) is 19.5. The zero-order chi connectivity index (χ0) is 9.14. The van der Waals surface area contributed by atoms with Gasteiger partial charge in [0.1, 0.15) is 0 Å². The van der Waals surface area contributed by atoms with Crippen molar-refractivity contribution in [3.05, 3.63) is 11.1 Å². The highest BCUT2D eigenvalue weighted by atomic mass is 32.2. The third-order valence-electron chi connectivity index (χ3n) is 2.58. The molecule has 1 heteroatoms. The Hall–Kier alpha value is 0.0900. The first-order valence-electron chi connectivity index (χ1n) is 4.92. The van der Waals surface area contributed by atoms with Gasteiger partial charge in [0.2, 0.25) is 0 Å². The van der Waals surface area contributed by atoms with Gasteiger partial charge in [0.25, 0.3) is 0 Å². The van der Waals surface area contributed by atoms with Crippen molar-refractivity contribution in [3.63, 3.8) is 0 Å². The van der Waals surface area contributed by atoms with Crippen molar-refractivity contribution in [1.29, 1.82) is 0 Å². The molecule has 0 aliphatic carbocycles. The second kappa shape index (κ2) is 4.36. The molecule has 0 saturated carbocycles. The molecule has 0 aromatic carbocycles. The van der Waals surface area contributed by atoms with Crippen molar-refractivity contribution >= 4 is 11.8 Å². The molecule has 0 aromatic heterocycles. The van der Waals surface area contributed by atoms with Gasteiger partial charge in [0.15, 0.2) is 0 Å². The lowest BCUT2D eigenvalue weighted by molar-refractivity contribution is 0.665. The SMILES string of the molecule is CC(C)C1=C(C(C)C)CSCC1. The molecule has 1 aliphatic rings. The quantitative estimate of drug-likeness (QED) is 0.589. The molecule has 0 nitrogen and oxygen atoms in total. The van der Waals surface area contributed by atoms with Crippen LogP contribution in [0.15, 0.2) is 11.1 Å². The van der Waals surface area contributed by atoms with Crippen LogP contribution in [0, 0.1) is 11.8 Å². The molecule has 0 radical (unpaired) electrons. The predicted molar refractivity (Wildman–Crippen MR) is 58.6 cm³/mol. The van der Waals surface area contributed by atoms with Gasteiger partial charge in [-0.05, 0) is 24.0 Å². The van der Waals surface area contributed by atoms with Crippen LogP contribution in [0.1, 0.15) is 34.1 Å². The van der Waals surface area contributed by atoms with Gasteiger partial charge in [-0.15, -0.1) is 0 Å². The van der Waals surface area contributed by atoms with Gasteiger partial charge in [-0.3, -0.25) is 0 Å². The molecule has 0 aromatic rings. The molecule has 0 fully saturated rings. The molecule has 12 heavy (non-hydrogen) atoms. The first-order valence-corrected chi connectivity index (χ1v) is 6.08. The van der Waals surface area contributed by atoms with E-state index in [1.165, 1.54) is 17.9 Å². The van der Waals surface area contributed by atoms with E-state index in [0.29, 0.717) is 0 Å². The van der Waals surface area contributed by atoms with E-state index in [1.54, 1.807) is 11.1 Å². The minimum atomic E-state index is 0.759. The Bertz CT molecular complexity index is 157. The monoisotopic (exact) mass is 184 g/mol. The van der Waals surface area contributed by atoms with Crippen LogP contribution in [0.25, 0.3) is 0 Å². The summed E-state index contributed by atoms with van der Waals surface area (Å²) in [5, 5.41) is 0. The molecule has 1 rings (SSSR count). The van der Waals surface area contributed by atoms with Crippen molar-refractivity contribution in [2.24, 2.45) is 11.8 Å². The first-order chi connectivity index (χ1) is 5.63. The fourth-order valence-corrected chi connectivity index (χ4v) is 3.06. The van der Waals surface area contributed by atoms with Crippen molar-refractivity contribution in [2.75, 3.05) is 11.5 Å². The number of hydrogen-bond donors (Lipinski definition) is 0. The van der Waals surface area contributed by atoms with Crippen LogP contribution in [0.3, 0.4) is 0 Å². The van der Waals surface area contributed by atoms with Crippen LogP contribution in [0.2, 0.25) is 0 Å². The highest BCUT2D eigenvalue weighted by molar-refractivity contribution is 7.99. The van der Waals surface area contributed by atoms with E-state index in [0.717, 1.165) is 11.8 Å². The maximum atomic E-state index is 2.33. The lowest BCUT2D eigenvalue weighted by Gasteiger charge is -2.25. The van der Waals surface area contributed by atoms with E-state index < -0.39 is 0 Å². The van der Waals surface area contributed by atoms with Crippen LogP contribution in [-0.2, 0) is 0 Å². The van der Waals surface area contributed by atoms with Crippen LogP contribution in [0.5, 0.6) is 0 Å². The third-order valence-corrected chi connectivity index (χ3v) is 3.59. The van der Waals surface area contributed by atoms with E-state index in [-0.39, 0.29) is 0 Å². The highest BCUT2D eigenvalue weighted by Crippen LogP contribution is 2.32. The Morgan fingerprint density at radius 3 is 2.00 bits per heavy atom. The van der Waals surface area contributed by atoms with Crippen LogP contribution >= 0.6 is 11.8 Å². The Balaban J connectivity index is 2.83. The maximum absolute atomic E-state index is 2.33. The Kier molecular flexibility index (Phi) is 3.70. The molecule has 0 bridgehead atoms. The van der Waals surface area contributed by atoms with Gasteiger partial charge < -0.3 is 0 Å². The van der Waals surface area contributed by atoms with Gasteiger partial charge in [0, 0.05) is 5.75 Å². The van der Waals surface area contributed by atoms with E-state index in [9.17, 15) is 0 Å². The van der Waals surface area contributed by atoms with Gasteiger partial charge in [0.05, 0.1) is 0 Å². The fraction of sp³-hybridized carbons (Fsp3) is 0.818. The zero-order valence-corrected chi connectivity index (χ0v) is 9.50. The summed E-state index contributed by atoms with van der Waals surface area (Å²) in [5.74, 6) is 4.15. The molecular formula is C11H20S. The molecule has 0 unspecified atom stereocenters. The first kappa shape index (κ1) is 10.2. The Labute approximate surface area is 80.8 Å². The van der Waals surface area contributed by atoms with E-state index in [2.05, 4.69) is 39.5 Å². The minimum absolute atomic E-state index is 0.759. The Morgan fingerprint density at radius 1 is 1.00 bits per heavy atom. The second-order valence-electron chi connectivity index (χ2n) is 4.16. The van der Waals surface area contributed by atoms with E-state index in [1.807, 2.05) is 0 Å². The number of hydrogen-bond acceptors (Lipinski definition) is 1. The third kappa shape index (κ3) is 2.29. The van der Waals surface area contributed by atoms with Gasteiger partial charge in [-0.25, -0.2) is 0 Å². The average molecular weight is 184 g/mol. The van der Waals surface area contributed by atoms with E-state index in [4.69, 9.17) is 0 Å². The van der Waals surface area contributed by atoms with Gasteiger partial charge >= 0.3 is 0 Å². The summed E-state index contributed by atoms with van der Waals surface area (Å²) >= 11 is 2.09. The molecular weight excluding hydrogens is 164 g/mol. The lowest BCUT2D eigenvalue weighted by Crippen LogP contribution is -2.12. The second-order valence-corrected chi connectivity index (χ2v) is 5.27. The molecule has 0 N–H and O–H groups in total. The topological polar surface area (TPSA) is 0 Å². The van der Waals surface area contributed by atoms with E-state index >= 15 is 0 Å². The molecule has 70 valence electrons. The van der Waals surface area contributed by atoms with Crippen molar-refractivity contribution in [1.82, 2.24) is 0 Å². The zero-order valence-electron chi connectivity index (χ0n) is 8.68. The average Bonchev–Trinajstić information content (AvgIpc) is 2.04. The molecule has 0 amide bonds. The maximum Gasteiger partial charge on any atom is 0.0148 e. The predicted octanol–water partition coefficient (Wildman–Crippen LogP) is 3.73. The van der Waals surface area contributed by atoms with Crippen molar-refractivity contribution < 1.29 is 0 Å². The molecule has 1 heterocycles. The van der Waals surface area contributed by atoms with Crippen LogP contribution in [0.4, 0.5) is 0 Å². The Morgan fingerprint density at radius 2 is 1.58 bits per heavy atom. The smallest absolute Gasteiger partial charge is 0.0148 e. The largest absolute Gasteiger partial charge is 0.157 e.